The molecule has 0 saturated carbocycles. The smallest absolute Gasteiger partial charge is 0.326 e. The quantitative estimate of drug-likeness (QED) is 0.772. The molecule has 2 aromatic rings. The monoisotopic (exact) mass is 349 g/mol. The Morgan fingerprint density at radius 1 is 1.08 bits per heavy atom. The van der Waals surface area contributed by atoms with Crippen LogP contribution in [0.15, 0.2) is 59.5 Å². The van der Waals surface area contributed by atoms with Crippen molar-refractivity contribution in [1.82, 2.24) is 4.72 Å². The molecule has 0 heterocycles. The van der Waals surface area contributed by atoms with Crippen molar-refractivity contribution in [2.45, 2.75) is 24.0 Å². The van der Waals surface area contributed by atoms with Crippen LogP contribution in [0.1, 0.15) is 17.2 Å². The van der Waals surface area contributed by atoms with E-state index in [2.05, 4.69) is 9.46 Å². The van der Waals surface area contributed by atoms with Gasteiger partial charge in [0.15, 0.2) is 0 Å². The van der Waals surface area contributed by atoms with Crippen LogP contribution in [-0.4, -0.2) is 32.6 Å². The molecular formula is C17H19NO5S. The van der Waals surface area contributed by atoms with E-state index in [-0.39, 0.29) is 4.90 Å². The summed E-state index contributed by atoms with van der Waals surface area (Å²) in [6, 6.07) is 13.0. The summed E-state index contributed by atoms with van der Waals surface area (Å²) in [4.78, 5) is 12.0. The van der Waals surface area contributed by atoms with Gasteiger partial charge >= 0.3 is 5.97 Å². The van der Waals surface area contributed by atoms with E-state index in [1.807, 2.05) is 6.92 Å². The number of hydrogen-bond acceptors (Lipinski definition) is 5. The van der Waals surface area contributed by atoms with Crippen LogP contribution in [0.2, 0.25) is 0 Å². The van der Waals surface area contributed by atoms with Crippen LogP contribution in [0.5, 0.6) is 0 Å². The normalized spacial score (nSPS) is 14.0. The molecule has 0 aromatic heterocycles. The number of rotatable bonds is 6. The minimum absolute atomic E-state index is 0.00210. The average molecular weight is 349 g/mol. The van der Waals surface area contributed by atoms with Crippen LogP contribution in [-0.2, 0) is 19.6 Å². The Labute approximate surface area is 141 Å². The fourth-order valence-corrected chi connectivity index (χ4v) is 3.35. The zero-order chi connectivity index (χ0) is 17.7. The van der Waals surface area contributed by atoms with E-state index >= 15 is 0 Å². The van der Waals surface area contributed by atoms with Crippen molar-refractivity contribution in [2.75, 3.05) is 7.11 Å². The second-order valence-electron chi connectivity index (χ2n) is 5.29. The minimum atomic E-state index is -4.00. The molecule has 0 aliphatic carbocycles. The van der Waals surface area contributed by atoms with E-state index in [0.29, 0.717) is 5.56 Å². The predicted molar refractivity (Wildman–Crippen MR) is 88.7 cm³/mol. The second kappa shape index (κ2) is 7.57. The molecule has 0 aliphatic heterocycles. The number of aryl methyl sites for hydroxylation is 1. The Kier molecular flexibility index (Phi) is 5.71. The van der Waals surface area contributed by atoms with Gasteiger partial charge in [-0.25, -0.2) is 8.42 Å². The Morgan fingerprint density at radius 2 is 1.67 bits per heavy atom. The van der Waals surface area contributed by atoms with Gasteiger partial charge in [0.1, 0.15) is 12.1 Å². The molecule has 24 heavy (non-hydrogen) atoms. The summed E-state index contributed by atoms with van der Waals surface area (Å²) >= 11 is 0. The van der Waals surface area contributed by atoms with E-state index in [1.54, 1.807) is 42.5 Å². The van der Waals surface area contributed by atoms with Crippen molar-refractivity contribution < 1.29 is 23.1 Å². The molecule has 2 N–H and O–H groups in total. The van der Waals surface area contributed by atoms with E-state index in [4.69, 9.17) is 0 Å². The number of methoxy groups -OCH3 is 1. The molecule has 0 spiro atoms. The van der Waals surface area contributed by atoms with Gasteiger partial charge in [0.2, 0.25) is 10.0 Å². The zero-order valence-electron chi connectivity index (χ0n) is 13.3. The topological polar surface area (TPSA) is 92.7 Å². The standard InChI is InChI=1S/C17H19NO5S/c1-12-8-10-14(11-9-12)24(21,22)18-15(17(20)23-2)16(19)13-6-4-3-5-7-13/h3-11,15-16,18-19H,1-2H3/t15-,16-/m0/s1. The highest BCUT2D eigenvalue weighted by molar-refractivity contribution is 7.89. The van der Waals surface area contributed by atoms with E-state index in [0.717, 1.165) is 12.7 Å². The van der Waals surface area contributed by atoms with Crippen LogP contribution in [0, 0.1) is 6.92 Å². The van der Waals surface area contributed by atoms with Crippen molar-refractivity contribution in [3.63, 3.8) is 0 Å². The summed E-state index contributed by atoms with van der Waals surface area (Å²) in [6.07, 6.45) is -1.38. The maximum Gasteiger partial charge on any atom is 0.326 e. The van der Waals surface area contributed by atoms with Gasteiger partial charge in [-0.15, -0.1) is 0 Å². The number of benzene rings is 2. The summed E-state index contributed by atoms with van der Waals surface area (Å²) in [6.45, 7) is 1.83. The molecule has 2 rings (SSSR count). The molecule has 0 bridgehead atoms. The Bertz CT molecular complexity index is 787. The first kappa shape index (κ1) is 18.1. The van der Waals surface area contributed by atoms with Gasteiger partial charge in [0, 0.05) is 0 Å². The van der Waals surface area contributed by atoms with Gasteiger partial charge in [0.25, 0.3) is 0 Å². The van der Waals surface area contributed by atoms with Gasteiger partial charge in [-0.2, -0.15) is 4.72 Å². The summed E-state index contributed by atoms with van der Waals surface area (Å²) in [7, 11) is -2.86. The van der Waals surface area contributed by atoms with Crippen LogP contribution in [0.4, 0.5) is 0 Å². The van der Waals surface area contributed by atoms with E-state index < -0.39 is 28.1 Å². The Balaban J connectivity index is 2.32. The fourth-order valence-electron chi connectivity index (χ4n) is 2.16. The fraction of sp³-hybridized carbons (Fsp3) is 0.235. The molecule has 0 radical (unpaired) electrons. The number of sulfonamides is 1. The highest BCUT2D eigenvalue weighted by Crippen LogP contribution is 2.20. The highest BCUT2D eigenvalue weighted by atomic mass is 32.2. The number of ether oxygens (including phenoxy) is 1. The number of hydrogen-bond donors (Lipinski definition) is 2. The molecule has 0 fully saturated rings. The molecule has 6 nitrogen and oxygen atoms in total. The van der Waals surface area contributed by atoms with Crippen LogP contribution < -0.4 is 4.72 Å². The first-order valence-electron chi connectivity index (χ1n) is 7.25. The molecule has 128 valence electrons. The van der Waals surface area contributed by atoms with Crippen molar-refractivity contribution in [3.8, 4) is 0 Å². The minimum Gasteiger partial charge on any atom is -0.468 e. The summed E-state index contributed by atoms with van der Waals surface area (Å²) in [5.74, 6) is -0.873. The van der Waals surface area contributed by atoms with Gasteiger partial charge in [-0.3, -0.25) is 4.79 Å². The highest BCUT2D eigenvalue weighted by Gasteiger charge is 2.33. The molecule has 2 aromatic carbocycles. The number of nitrogens with one attached hydrogen (secondary N) is 1. The number of aliphatic hydroxyl groups excluding tert-OH is 1. The average Bonchev–Trinajstić information content (AvgIpc) is 2.59. The third kappa shape index (κ3) is 4.19. The number of carbonyl (C=O) groups excluding carboxylic acids is 1. The van der Waals surface area contributed by atoms with Crippen molar-refractivity contribution in [1.29, 1.82) is 0 Å². The molecule has 2 atom stereocenters. The van der Waals surface area contributed by atoms with Crippen molar-refractivity contribution in [3.05, 3.63) is 65.7 Å². The number of aliphatic hydroxyl groups is 1. The lowest BCUT2D eigenvalue weighted by Crippen LogP contribution is -2.45. The molecule has 0 unspecified atom stereocenters. The maximum absolute atomic E-state index is 12.5. The SMILES string of the molecule is COC(=O)[C@@H](NS(=O)(=O)c1ccc(C)cc1)[C@@H](O)c1ccccc1. The second-order valence-corrected chi connectivity index (χ2v) is 7.00. The molecule has 7 heteroatoms. The molecule has 0 amide bonds. The van der Waals surface area contributed by atoms with Gasteiger partial charge in [-0.1, -0.05) is 48.0 Å². The van der Waals surface area contributed by atoms with Crippen LogP contribution >= 0.6 is 0 Å². The number of carbonyl (C=O) groups is 1. The van der Waals surface area contributed by atoms with E-state index in [1.165, 1.54) is 12.1 Å². The van der Waals surface area contributed by atoms with Crippen LogP contribution in [0.3, 0.4) is 0 Å². The third-order valence-electron chi connectivity index (χ3n) is 3.53. The first-order valence-corrected chi connectivity index (χ1v) is 8.73. The van der Waals surface area contributed by atoms with Gasteiger partial charge in [-0.05, 0) is 24.6 Å². The lowest BCUT2D eigenvalue weighted by atomic mass is 10.0. The Hall–Kier alpha value is -2.22. The predicted octanol–water partition coefficient (Wildman–Crippen LogP) is 1.55. The lowest BCUT2D eigenvalue weighted by Gasteiger charge is -2.22. The van der Waals surface area contributed by atoms with Gasteiger partial charge < -0.3 is 9.84 Å². The maximum atomic E-state index is 12.5. The zero-order valence-corrected chi connectivity index (χ0v) is 14.2. The molecule has 0 aliphatic rings. The number of esters is 1. The summed E-state index contributed by atoms with van der Waals surface area (Å²) in [5, 5.41) is 10.4. The van der Waals surface area contributed by atoms with Crippen molar-refractivity contribution in [2.24, 2.45) is 0 Å². The Morgan fingerprint density at radius 3 is 2.21 bits per heavy atom. The first-order chi connectivity index (χ1) is 11.3. The third-order valence-corrected chi connectivity index (χ3v) is 4.98. The van der Waals surface area contributed by atoms with Crippen molar-refractivity contribution >= 4 is 16.0 Å². The molecule has 0 saturated heterocycles. The molecular weight excluding hydrogens is 330 g/mol. The lowest BCUT2D eigenvalue weighted by molar-refractivity contribution is -0.145. The summed E-state index contributed by atoms with van der Waals surface area (Å²) < 4.78 is 31.8. The van der Waals surface area contributed by atoms with Crippen LogP contribution in [0.25, 0.3) is 0 Å². The van der Waals surface area contributed by atoms with Gasteiger partial charge in [0.05, 0.1) is 12.0 Å². The largest absolute Gasteiger partial charge is 0.468 e. The van der Waals surface area contributed by atoms with E-state index in [9.17, 15) is 18.3 Å². The summed E-state index contributed by atoms with van der Waals surface area (Å²) in [5.41, 5.74) is 1.31.